The largest absolute Gasteiger partial charge is 0.478 e. The number of carboxylic acid groups (broad SMARTS) is 1. The molecule has 13 heavy (non-hydrogen) atoms. The molecule has 1 aromatic heterocycles. The molecule has 0 spiro atoms. The molecule has 1 heterocycles. The number of hydrogen-bond acceptors (Lipinski definition) is 2. The monoisotopic (exact) mass is 263 g/mol. The smallest absolute Gasteiger partial charge is 0.339 e. The molecule has 5 heteroatoms. The molecular weight excluding hydrogens is 257 g/mol. The average molecular weight is 265 g/mol. The van der Waals surface area contributed by atoms with Crippen molar-refractivity contribution in [3.05, 3.63) is 26.4 Å². The summed E-state index contributed by atoms with van der Waals surface area (Å²) in [5, 5.41) is 8.85. The number of aryl methyl sites for hydroxylation is 1. The van der Waals surface area contributed by atoms with Gasteiger partial charge in [-0.2, -0.15) is 0 Å². The third-order valence-electron chi connectivity index (χ3n) is 1.71. The van der Waals surface area contributed by atoms with Gasteiger partial charge in [-0.3, -0.25) is 0 Å². The van der Waals surface area contributed by atoms with E-state index in [4.69, 9.17) is 16.7 Å². The maximum Gasteiger partial charge on any atom is 0.339 e. The molecule has 0 saturated heterocycles. The van der Waals surface area contributed by atoms with E-state index in [1.807, 2.05) is 0 Å². The van der Waals surface area contributed by atoms with Crippen LogP contribution in [0.3, 0.4) is 0 Å². The minimum absolute atomic E-state index is 0.0331. The van der Waals surface area contributed by atoms with Gasteiger partial charge in [0.05, 0.1) is 5.69 Å². The predicted octanol–water partition coefficient (Wildman–Crippen LogP) is 2.81. The Morgan fingerprint density at radius 2 is 2.08 bits per heavy atom. The quantitative estimate of drug-likeness (QED) is 0.794. The van der Waals surface area contributed by atoms with Gasteiger partial charge in [-0.05, 0) is 35.3 Å². The van der Waals surface area contributed by atoms with Crippen LogP contribution in [0.4, 0.5) is 0 Å². The lowest BCUT2D eigenvalue weighted by molar-refractivity contribution is 0.0696. The van der Waals surface area contributed by atoms with Gasteiger partial charge in [0.1, 0.15) is 10.7 Å². The minimum Gasteiger partial charge on any atom is -0.478 e. The van der Waals surface area contributed by atoms with Gasteiger partial charge in [0.25, 0.3) is 0 Å². The zero-order valence-electron chi connectivity index (χ0n) is 7.06. The second-order valence-corrected chi connectivity index (χ2v) is 3.76. The molecule has 1 aromatic rings. The van der Waals surface area contributed by atoms with Crippen LogP contribution in [0.1, 0.15) is 21.6 Å². The van der Waals surface area contributed by atoms with E-state index in [0.717, 1.165) is 0 Å². The molecule has 0 aromatic carbocycles. The summed E-state index contributed by atoms with van der Waals surface area (Å²) in [6.07, 6.45) is 0. The van der Waals surface area contributed by atoms with Gasteiger partial charge in [0, 0.05) is 4.47 Å². The molecule has 0 aliphatic rings. The molecule has 0 unspecified atom stereocenters. The number of rotatable bonds is 1. The summed E-state index contributed by atoms with van der Waals surface area (Å²) >= 11 is 8.94. The van der Waals surface area contributed by atoms with Gasteiger partial charge in [-0.15, -0.1) is 0 Å². The van der Waals surface area contributed by atoms with Crippen molar-refractivity contribution in [1.82, 2.24) is 4.98 Å². The molecule has 70 valence electrons. The van der Waals surface area contributed by atoms with E-state index in [0.29, 0.717) is 15.7 Å². The number of nitrogens with zero attached hydrogens (tertiary/aromatic N) is 1. The Labute approximate surface area is 88.9 Å². The molecule has 1 N–H and O–H groups in total. The standard InChI is InChI=1S/C8H7BrClNO2/c1-3-5(8(12)13)7(10)11-4(2)6(3)9/h1-2H3,(H,12,13). The van der Waals surface area contributed by atoms with Crippen molar-refractivity contribution in [1.29, 1.82) is 0 Å². The Bertz CT molecular complexity index is 379. The Hall–Kier alpha value is -0.610. The van der Waals surface area contributed by atoms with E-state index in [1.54, 1.807) is 13.8 Å². The molecule has 3 nitrogen and oxygen atoms in total. The molecular formula is C8H7BrClNO2. The number of hydrogen-bond donors (Lipinski definition) is 1. The summed E-state index contributed by atoms with van der Waals surface area (Å²) < 4.78 is 0.689. The number of aromatic carboxylic acids is 1. The lowest BCUT2D eigenvalue weighted by Gasteiger charge is -2.07. The Morgan fingerprint density at radius 3 is 2.54 bits per heavy atom. The predicted molar refractivity (Wildman–Crippen MR) is 53.4 cm³/mol. The van der Waals surface area contributed by atoms with E-state index in [1.165, 1.54) is 0 Å². The van der Waals surface area contributed by atoms with Crippen molar-refractivity contribution in [2.24, 2.45) is 0 Å². The van der Waals surface area contributed by atoms with Gasteiger partial charge in [-0.25, -0.2) is 9.78 Å². The zero-order valence-corrected chi connectivity index (χ0v) is 9.40. The fraction of sp³-hybridized carbons (Fsp3) is 0.250. The summed E-state index contributed by atoms with van der Waals surface area (Å²) in [6, 6.07) is 0. The molecule has 0 radical (unpaired) electrons. The van der Waals surface area contributed by atoms with E-state index in [-0.39, 0.29) is 10.7 Å². The maximum absolute atomic E-state index is 10.8. The lowest BCUT2D eigenvalue weighted by Crippen LogP contribution is -2.04. The van der Waals surface area contributed by atoms with Gasteiger partial charge in [-0.1, -0.05) is 11.6 Å². The van der Waals surface area contributed by atoms with Crippen molar-refractivity contribution in [3.63, 3.8) is 0 Å². The SMILES string of the molecule is Cc1nc(Cl)c(C(=O)O)c(C)c1Br. The van der Waals surface area contributed by atoms with Crippen molar-refractivity contribution in [3.8, 4) is 0 Å². The molecule has 0 atom stereocenters. The molecule has 0 saturated carbocycles. The van der Waals surface area contributed by atoms with Crippen molar-refractivity contribution in [2.75, 3.05) is 0 Å². The summed E-state index contributed by atoms with van der Waals surface area (Å²) in [5.74, 6) is -1.06. The lowest BCUT2D eigenvalue weighted by atomic mass is 10.1. The number of carbonyl (C=O) groups is 1. The van der Waals surface area contributed by atoms with Crippen LogP contribution in [0.5, 0.6) is 0 Å². The van der Waals surface area contributed by atoms with Crippen LogP contribution in [0.2, 0.25) is 5.15 Å². The number of pyridine rings is 1. The number of halogens is 2. The second-order valence-electron chi connectivity index (χ2n) is 2.61. The Balaban J connectivity index is 3.53. The summed E-state index contributed by atoms with van der Waals surface area (Å²) in [5.41, 5.74) is 1.34. The van der Waals surface area contributed by atoms with Crippen LogP contribution in [0, 0.1) is 13.8 Å². The average Bonchev–Trinajstić information content (AvgIpc) is 1.99. The van der Waals surface area contributed by atoms with Crippen LogP contribution in [0.25, 0.3) is 0 Å². The number of carboxylic acids is 1. The molecule has 0 bridgehead atoms. The maximum atomic E-state index is 10.8. The van der Waals surface area contributed by atoms with Gasteiger partial charge in [0.2, 0.25) is 0 Å². The first-order valence-corrected chi connectivity index (χ1v) is 4.67. The van der Waals surface area contributed by atoms with Crippen LogP contribution < -0.4 is 0 Å². The topological polar surface area (TPSA) is 50.2 Å². The summed E-state index contributed by atoms with van der Waals surface area (Å²) in [7, 11) is 0. The van der Waals surface area contributed by atoms with Crippen molar-refractivity contribution >= 4 is 33.5 Å². The van der Waals surface area contributed by atoms with Crippen molar-refractivity contribution < 1.29 is 9.90 Å². The molecule has 0 amide bonds. The van der Waals surface area contributed by atoms with E-state index >= 15 is 0 Å². The normalized spacial score (nSPS) is 10.2. The highest BCUT2D eigenvalue weighted by molar-refractivity contribution is 9.10. The summed E-state index contributed by atoms with van der Waals surface area (Å²) in [4.78, 5) is 14.7. The highest BCUT2D eigenvalue weighted by Gasteiger charge is 2.17. The van der Waals surface area contributed by atoms with E-state index in [2.05, 4.69) is 20.9 Å². The highest BCUT2D eigenvalue weighted by atomic mass is 79.9. The first-order valence-electron chi connectivity index (χ1n) is 3.50. The molecule has 0 fully saturated rings. The van der Waals surface area contributed by atoms with Crippen LogP contribution in [-0.4, -0.2) is 16.1 Å². The molecule has 0 aliphatic heterocycles. The fourth-order valence-corrected chi connectivity index (χ4v) is 1.67. The van der Waals surface area contributed by atoms with Gasteiger partial charge < -0.3 is 5.11 Å². The third-order valence-corrected chi connectivity index (χ3v) is 3.15. The number of aromatic nitrogens is 1. The summed E-state index contributed by atoms with van der Waals surface area (Å²) in [6.45, 7) is 3.45. The third kappa shape index (κ3) is 1.84. The molecule has 1 rings (SSSR count). The van der Waals surface area contributed by atoms with E-state index in [9.17, 15) is 4.79 Å². The molecule has 0 aliphatic carbocycles. The van der Waals surface area contributed by atoms with Gasteiger partial charge in [0.15, 0.2) is 0 Å². The first-order chi connectivity index (χ1) is 5.95. The zero-order chi connectivity index (χ0) is 10.2. The highest BCUT2D eigenvalue weighted by Crippen LogP contribution is 2.27. The second kappa shape index (κ2) is 3.64. The minimum atomic E-state index is -1.06. The van der Waals surface area contributed by atoms with E-state index < -0.39 is 5.97 Å². The van der Waals surface area contributed by atoms with Crippen molar-refractivity contribution in [2.45, 2.75) is 13.8 Å². The Morgan fingerprint density at radius 1 is 1.54 bits per heavy atom. The van der Waals surface area contributed by atoms with Crippen LogP contribution in [0.15, 0.2) is 4.47 Å². The van der Waals surface area contributed by atoms with Gasteiger partial charge >= 0.3 is 5.97 Å². The Kier molecular flexibility index (Phi) is 2.93. The first kappa shape index (κ1) is 10.5. The fourth-order valence-electron chi connectivity index (χ4n) is 1.04. The van der Waals surface area contributed by atoms with Crippen LogP contribution in [-0.2, 0) is 0 Å². The van der Waals surface area contributed by atoms with Crippen LogP contribution >= 0.6 is 27.5 Å².